The van der Waals surface area contributed by atoms with Crippen molar-refractivity contribution in [3.63, 3.8) is 0 Å². The van der Waals surface area contributed by atoms with Crippen LogP contribution in [0.25, 0.3) is 33.0 Å². The normalized spacial score (nSPS) is 23.7. The number of benzene rings is 2. The summed E-state index contributed by atoms with van der Waals surface area (Å²) in [5, 5.41) is 21.7. The molecule has 222 valence electrons. The van der Waals surface area contributed by atoms with Crippen molar-refractivity contribution in [1.29, 1.82) is 0 Å². The van der Waals surface area contributed by atoms with E-state index in [0.717, 1.165) is 19.4 Å². The van der Waals surface area contributed by atoms with E-state index in [1.807, 2.05) is 0 Å². The van der Waals surface area contributed by atoms with Gasteiger partial charge in [0.25, 0.3) is 0 Å². The van der Waals surface area contributed by atoms with Gasteiger partial charge < -0.3 is 24.3 Å². The van der Waals surface area contributed by atoms with Gasteiger partial charge in [-0.05, 0) is 56.3 Å². The first kappa shape index (κ1) is 27.6. The van der Waals surface area contributed by atoms with Gasteiger partial charge >= 0.3 is 11.6 Å². The van der Waals surface area contributed by atoms with Crippen LogP contribution >= 0.6 is 0 Å². The molecule has 43 heavy (non-hydrogen) atoms. The van der Waals surface area contributed by atoms with Crippen molar-refractivity contribution in [2.24, 2.45) is 0 Å². The van der Waals surface area contributed by atoms with Gasteiger partial charge in [-0.1, -0.05) is 12.0 Å². The van der Waals surface area contributed by atoms with E-state index in [2.05, 4.69) is 20.8 Å². The zero-order chi connectivity index (χ0) is 30.0. The molecule has 3 atom stereocenters. The fourth-order valence-electron chi connectivity index (χ4n) is 7.09. The SMILES string of the molecule is C#Cc1c(F)ccc2cc(O)cc(-c3oc(=O)c4c(N5CCC(O)C5)nc(OC[C@@]56CCCN5C[C@H](F)C6)nc4c3C)c12. The molecule has 3 aliphatic heterocycles. The quantitative estimate of drug-likeness (QED) is 0.334. The summed E-state index contributed by atoms with van der Waals surface area (Å²) in [6.45, 7) is 3.79. The maximum Gasteiger partial charge on any atom is 0.349 e. The molecule has 5 heterocycles. The van der Waals surface area contributed by atoms with Crippen LogP contribution in [0.2, 0.25) is 0 Å². The number of aromatic nitrogens is 2. The molecule has 7 rings (SSSR count). The van der Waals surface area contributed by atoms with Crippen molar-refractivity contribution < 1.29 is 28.1 Å². The summed E-state index contributed by atoms with van der Waals surface area (Å²) < 4.78 is 41.3. The number of aryl methyl sites for hydroxylation is 1. The van der Waals surface area contributed by atoms with Gasteiger partial charge in [-0.3, -0.25) is 4.90 Å². The van der Waals surface area contributed by atoms with Crippen LogP contribution in [0, 0.1) is 25.1 Å². The Hall–Kier alpha value is -4.27. The van der Waals surface area contributed by atoms with E-state index in [1.54, 1.807) is 11.8 Å². The van der Waals surface area contributed by atoms with Gasteiger partial charge in [0, 0.05) is 42.6 Å². The fourth-order valence-corrected chi connectivity index (χ4v) is 7.09. The second-order valence-corrected chi connectivity index (χ2v) is 11.8. The summed E-state index contributed by atoms with van der Waals surface area (Å²) in [5.74, 6) is 1.96. The molecule has 3 aliphatic rings. The number of anilines is 1. The Bertz CT molecular complexity index is 1890. The maximum atomic E-state index is 14.8. The van der Waals surface area contributed by atoms with Crippen molar-refractivity contribution in [1.82, 2.24) is 14.9 Å². The molecule has 3 saturated heterocycles. The fraction of sp³-hybridized carbons (Fsp3) is 0.406. The van der Waals surface area contributed by atoms with Gasteiger partial charge in [-0.2, -0.15) is 9.97 Å². The molecule has 2 N–H and O–H groups in total. The average molecular weight is 589 g/mol. The van der Waals surface area contributed by atoms with Crippen LogP contribution in [0.4, 0.5) is 14.6 Å². The zero-order valence-corrected chi connectivity index (χ0v) is 23.6. The van der Waals surface area contributed by atoms with Gasteiger partial charge in [0.1, 0.15) is 35.5 Å². The van der Waals surface area contributed by atoms with E-state index >= 15 is 0 Å². The highest BCUT2D eigenvalue weighted by atomic mass is 19.1. The number of fused-ring (bicyclic) bond motifs is 3. The minimum Gasteiger partial charge on any atom is -0.508 e. The summed E-state index contributed by atoms with van der Waals surface area (Å²) in [5.41, 5.74) is -0.306. The van der Waals surface area contributed by atoms with Crippen molar-refractivity contribution >= 4 is 27.5 Å². The lowest BCUT2D eigenvalue weighted by atomic mass is 9.95. The van der Waals surface area contributed by atoms with Crippen LogP contribution in [0.5, 0.6) is 11.8 Å². The number of rotatable bonds is 5. The van der Waals surface area contributed by atoms with Gasteiger partial charge in [-0.25, -0.2) is 13.6 Å². The first-order valence-electron chi connectivity index (χ1n) is 14.4. The molecule has 11 heteroatoms. The lowest BCUT2D eigenvalue weighted by Crippen LogP contribution is -2.43. The molecule has 2 aromatic heterocycles. The molecular formula is C32H30F2N4O5. The van der Waals surface area contributed by atoms with Crippen LogP contribution in [-0.4, -0.2) is 75.7 Å². The molecule has 0 spiro atoms. The number of halogens is 2. The van der Waals surface area contributed by atoms with Crippen LogP contribution in [0.1, 0.15) is 36.8 Å². The number of β-amino-alcohol motifs (C(OH)–C–C–N with tert-alkyl or cyclic N) is 1. The Morgan fingerprint density at radius 2 is 2.07 bits per heavy atom. The summed E-state index contributed by atoms with van der Waals surface area (Å²) in [4.78, 5) is 26.9. The van der Waals surface area contributed by atoms with E-state index in [1.165, 1.54) is 24.3 Å². The van der Waals surface area contributed by atoms with E-state index < -0.39 is 29.3 Å². The van der Waals surface area contributed by atoms with Crippen molar-refractivity contribution in [3.05, 3.63) is 51.6 Å². The smallest absolute Gasteiger partial charge is 0.349 e. The minimum atomic E-state index is -0.924. The largest absolute Gasteiger partial charge is 0.508 e. The Morgan fingerprint density at radius 3 is 2.84 bits per heavy atom. The van der Waals surface area contributed by atoms with Crippen molar-refractivity contribution in [2.45, 2.75) is 50.4 Å². The van der Waals surface area contributed by atoms with Gasteiger partial charge in [-0.15, -0.1) is 6.42 Å². The molecule has 0 aliphatic carbocycles. The number of alkyl halides is 1. The number of hydrogen-bond donors (Lipinski definition) is 2. The van der Waals surface area contributed by atoms with E-state index in [0.29, 0.717) is 42.3 Å². The topological polar surface area (TPSA) is 112 Å². The van der Waals surface area contributed by atoms with Crippen LogP contribution in [-0.2, 0) is 0 Å². The molecule has 0 amide bonds. The molecule has 2 aromatic carbocycles. The number of phenols is 1. The lowest BCUT2D eigenvalue weighted by molar-refractivity contribution is 0.107. The zero-order valence-electron chi connectivity index (χ0n) is 23.6. The van der Waals surface area contributed by atoms with Crippen LogP contribution in [0.15, 0.2) is 33.5 Å². The number of aromatic hydroxyl groups is 1. The van der Waals surface area contributed by atoms with Gasteiger partial charge in [0.15, 0.2) is 5.82 Å². The number of hydrogen-bond acceptors (Lipinski definition) is 9. The maximum absolute atomic E-state index is 14.8. The Morgan fingerprint density at radius 1 is 1.23 bits per heavy atom. The third kappa shape index (κ3) is 4.48. The second kappa shape index (κ2) is 10.2. The molecule has 9 nitrogen and oxygen atoms in total. The molecular weight excluding hydrogens is 558 g/mol. The number of phenolic OH excluding ortho intramolecular Hbond substituents is 1. The number of aliphatic hydroxyl groups is 1. The number of nitrogens with zero attached hydrogens (tertiary/aromatic N) is 4. The van der Waals surface area contributed by atoms with Gasteiger partial charge in [0.05, 0.1) is 22.7 Å². The molecule has 0 bridgehead atoms. The van der Waals surface area contributed by atoms with Crippen LogP contribution < -0.4 is 15.3 Å². The van der Waals surface area contributed by atoms with E-state index in [4.69, 9.17) is 15.6 Å². The Labute approximate surface area is 245 Å². The van der Waals surface area contributed by atoms with E-state index in [9.17, 15) is 23.8 Å². The third-order valence-corrected chi connectivity index (χ3v) is 9.10. The second-order valence-electron chi connectivity index (χ2n) is 11.8. The first-order valence-corrected chi connectivity index (χ1v) is 14.4. The summed E-state index contributed by atoms with van der Waals surface area (Å²) in [6.07, 6.45) is 6.78. The van der Waals surface area contributed by atoms with Crippen LogP contribution in [0.3, 0.4) is 0 Å². The van der Waals surface area contributed by atoms with Crippen molar-refractivity contribution in [3.8, 4) is 35.4 Å². The summed E-state index contributed by atoms with van der Waals surface area (Å²) in [7, 11) is 0. The number of terminal acetylenes is 1. The third-order valence-electron chi connectivity index (χ3n) is 9.10. The van der Waals surface area contributed by atoms with E-state index in [-0.39, 0.29) is 58.5 Å². The summed E-state index contributed by atoms with van der Waals surface area (Å²) >= 11 is 0. The highest BCUT2D eigenvalue weighted by Crippen LogP contribution is 2.42. The molecule has 0 saturated carbocycles. The predicted molar refractivity (Wildman–Crippen MR) is 157 cm³/mol. The molecule has 3 fully saturated rings. The lowest BCUT2D eigenvalue weighted by Gasteiger charge is -2.31. The Kier molecular flexibility index (Phi) is 6.52. The molecule has 4 aromatic rings. The standard InChI is InChI=1S/C32H30F2N4O5/c1-3-22-24(34)6-5-18-11-21(40)12-23(25(18)22)28-17(2)27-26(30(41)43-28)29(37-10-7-20(39)15-37)36-31(35-27)42-16-32-8-4-9-38(32)14-19(33)13-32/h1,5-6,11-12,19-20,39-40H,4,7-10,13-16H2,2H3/t19-,20?,32+/m1/s1. The Balaban J connectivity index is 1.42. The highest BCUT2D eigenvalue weighted by Gasteiger charge is 2.49. The first-order chi connectivity index (χ1) is 20.7. The number of ether oxygens (including phenoxy) is 1. The monoisotopic (exact) mass is 588 g/mol. The van der Waals surface area contributed by atoms with Crippen molar-refractivity contribution in [2.75, 3.05) is 37.7 Å². The molecule has 1 unspecified atom stereocenters. The summed E-state index contributed by atoms with van der Waals surface area (Å²) in [6, 6.07) is 5.55. The molecule has 0 radical (unpaired) electrons. The highest BCUT2D eigenvalue weighted by molar-refractivity contribution is 6.03. The predicted octanol–water partition coefficient (Wildman–Crippen LogP) is 4.06. The average Bonchev–Trinajstić information content (AvgIpc) is 3.66. The van der Waals surface area contributed by atoms with Gasteiger partial charge in [0.2, 0.25) is 0 Å². The minimum absolute atomic E-state index is 0.0169. The number of aliphatic hydroxyl groups excluding tert-OH is 1.